The summed E-state index contributed by atoms with van der Waals surface area (Å²) in [5.74, 6) is -0.140. The average molecular weight is 317 g/mol. The van der Waals surface area contributed by atoms with E-state index in [9.17, 15) is 9.90 Å². The number of carbonyl (C=O) groups is 1. The molecule has 1 aliphatic heterocycles. The van der Waals surface area contributed by atoms with Crippen molar-refractivity contribution in [3.63, 3.8) is 0 Å². The molecule has 2 atom stereocenters. The van der Waals surface area contributed by atoms with E-state index >= 15 is 0 Å². The second-order valence-corrected chi connectivity index (χ2v) is 6.27. The number of fused-ring (bicyclic) bond motifs is 1. The third-order valence-electron chi connectivity index (χ3n) is 3.85. The van der Waals surface area contributed by atoms with Crippen LogP contribution in [0.25, 0.3) is 0 Å². The first-order chi connectivity index (χ1) is 10.8. The Bertz CT molecular complexity index is 627. The van der Waals surface area contributed by atoms with Crippen LogP contribution in [0.1, 0.15) is 34.6 Å². The lowest BCUT2D eigenvalue weighted by molar-refractivity contribution is -0.135. The number of carbonyl (C=O) groups excluding carboxylic acids is 1. The number of benzene rings is 1. The molecule has 0 saturated carbocycles. The molecule has 0 spiro atoms. The SMILES string of the molecule is O=C(N[C@@H](CCO)c1cccs1)[C@H]1OCCc2ccccc21. The standard InChI is InChI=1S/C17H19NO3S/c19-9-7-14(15-6-3-11-22-15)18-17(20)16-13-5-2-1-4-12(13)8-10-21-16/h1-6,11,14,16,19H,7-10H2,(H,18,20)/t14-,16-/m0/s1. The summed E-state index contributed by atoms with van der Waals surface area (Å²) in [6, 6.07) is 11.7. The quantitative estimate of drug-likeness (QED) is 0.891. The van der Waals surface area contributed by atoms with E-state index in [1.807, 2.05) is 41.8 Å². The van der Waals surface area contributed by atoms with Crippen molar-refractivity contribution in [1.29, 1.82) is 0 Å². The second kappa shape index (κ2) is 7.05. The van der Waals surface area contributed by atoms with Crippen molar-refractivity contribution in [2.45, 2.75) is 25.0 Å². The number of aliphatic hydroxyl groups is 1. The highest BCUT2D eigenvalue weighted by molar-refractivity contribution is 7.10. The van der Waals surface area contributed by atoms with Crippen LogP contribution >= 0.6 is 11.3 Å². The van der Waals surface area contributed by atoms with Gasteiger partial charge in [0.15, 0.2) is 6.10 Å². The summed E-state index contributed by atoms with van der Waals surface area (Å²) < 4.78 is 5.69. The molecule has 0 unspecified atom stereocenters. The highest BCUT2D eigenvalue weighted by Gasteiger charge is 2.29. The molecule has 0 radical (unpaired) electrons. The molecule has 1 aromatic carbocycles. The number of ether oxygens (including phenoxy) is 1. The number of nitrogens with one attached hydrogen (secondary N) is 1. The van der Waals surface area contributed by atoms with Gasteiger partial charge in [0.1, 0.15) is 0 Å². The number of rotatable bonds is 5. The Morgan fingerprint density at radius 3 is 3.00 bits per heavy atom. The summed E-state index contributed by atoms with van der Waals surface area (Å²) in [6.07, 6.45) is 0.775. The van der Waals surface area contributed by atoms with E-state index in [1.165, 1.54) is 5.56 Å². The maximum atomic E-state index is 12.6. The average Bonchev–Trinajstić information content (AvgIpc) is 3.08. The van der Waals surface area contributed by atoms with Gasteiger partial charge in [0.2, 0.25) is 0 Å². The van der Waals surface area contributed by atoms with E-state index in [1.54, 1.807) is 11.3 Å². The third kappa shape index (κ3) is 3.21. The van der Waals surface area contributed by atoms with Crippen LogP contribution in [0.2, 0.25) is 0 Å². The summed E-state index contributed by atoms with van der Waals surface area (Å²) in [5.41, 5.74) is 2.11. The Hall–Kier alpha value is -1.69. The summed E-state index contributed by atoms with van der Waals surface area (Å²) in [6.45, 7) is 0.587. The molecule has 1 aromatic heterocycles. The van der Waals surface area contributed by atoms with Crippen LogP contribution in [-0.4, -0.2) is 24.2 Å². The van der Waals surface area contributed by atoms with Crippen molar-refractivity contribution in [3.8, 4) is 0 Å². The monoisotopic (exact) mass is 317 g/mol. The number of thiophene rings is 1. The van der Waals surface area contributed by atoms with Crippen molar-refractivity contribution in [2.75, 3.05) is 13.2 Å². The predicted octanol–water partition coefficient (Wildman–Crippen LogP) is 2.60. The van der Waals surface area contributed by atoms with E-state index in [0.717, 1.165) is 16.9 Å². The molecule has 0 bridgehead atoms. The van der Waals surface area contributed by atoms with Crippen LogP contribution in [0.3, 0.4) is 0 Å². The molecule has 116 valence electrons. The van der Waals surface area contributed by atoms with Crippen LogP contribution in [0.15, 0.2) is 41.8 Å². The Labute approximate surface area is 133 Å². The third-order valence-corrected chi connectivity index (χ3v) is 4.84. The summed E-state index contributed by atoms with van der Waals surface area (Å²) in [5, 5.41) is 14.2. The summed E-state index contributed by atoms with van der Waals surface area (Å²) in [7, 11) is 0. The topological polar surface area (TPSA) is 58.6 Å². The van der Waals surface area contributed by atoms with Gasteiger partial charge in [-0.3, -0.25) is 4.79 Å². The largest absolute Gasteiger partial charge is 0.396 e. The number of hydrogen-bond acceptors (Lipinski definition) is 4. The minimum atomic E-state index is -0.564. The first-order valence-corrected chi connectivity index (χ1v) is 8.31. The minimum absolute atomic E-state index is 0.0327. The maximum Gasteiger partial charge on any atom is 0.254 e. The fourth-order valence-electron chi connectivity index (χ4n) is 2.76. The molecule has 2 aromatic rings. The highest BCUT2D eigenvalue weighted by atomic mass is 32.1. The van der Waals surface area contributed by atoms with Gasteiger partial charge in [-0.2, -0.15) is 0 Å². The van der Waals surface area contributed by atoms with Crippen molar-refractivity contribution >= 4 is 17.2 Å². The summed E-state index contributed by atoms with van der Waals surface area (Å²) >= 11 is 1.58. The molecule has 1 amide bonds. The molecule has 0 fully saturated rings. The molecular formula is C17H19NO3S. The molecule has 22 heavy (non-hydrogen) atoms. The molecule has 0 aliphatic carbocycles. The van der Waals surface area contributed by atoms with Gasteiger partial charge in [0, 0.05) is 11.5 Å². The van der Waals surface area contributed by atoms with Gasteiger partial charge in [-0.05, 0) is 35.4 Å². The van der Waals surface area contributed by atoms with Gasteiger partial charge in [0.25, 0.3) is 5.91 Å². The Morgan fingerprint density at radius 2 is 2.23 bits per heavy atom. The zero-order chi connectivity index (χ0) is 15.4. The van der Waals surface area contributed by atoms with E-state index in [-0.39, 0.29) is 18.6 Å². The lowest BCUT2D eigenvalue weighted by atomic mass is 9.97. The van der Waals surface area contributed by atoms with Gasteiger partial charge in [-0.1, -0.05) is 30.3 Å². The predicted molar refractivity (Wildman–Crippen MR) is 85.7 cm³/mol. The van der Waals surface area contributed by atoms with Crippen molar-refractivity contribution in [1.82, 2.24) is 5.32 Å². The molecule has 0 saturated heterocycles. The molecule has 3 rings (SSSR count). The zero-order valence-electron chi connectivity index (χ0n) is 12.2. The van der Waals surface area contributed by atoms with Gasteiger partial charge < -0.3 is 15.2 Å². The van der Waals surface area contributed by atoms with Crippen LogP contribution in [0.4, 0.5) is 0 Å². The maximum absolute atomic E-state index is 12.6. The van der Waals surface area contributed by atoms with Crippen LogP contribution in [0, 0.1) is 0 Å². The number of aliphatic hydroxyl groups excluding tert-OH is 1. The normalized spacial score (nSPS) is 18.5. The Kier molecular flexibility index (Phi) is 4.87. The lowest BCUT2D eigenvalue weighted by Gasteiger charge is -2.27. The summed E-state index contributed by atoms with van der Waals surface area (Å²) in [4.78, 5) is 13.7. The Balaban J connectivity index is 1.77. The van der Waals surface area contributed by atoms with E-state index in [2.05, 4.69) is 5.32 Å². The van der Waals surface area contributed by atoms with Crippen molar-refractivity contribution in [3.05, 3.63) is 57.8 Å². The molecule has 1 aliphatic rings. The first-order valence-electron chi connectivity index (χ1n) is 7.43. The fourth-order valence-corrected chi connectivity index (χ4v) is 3.58. The van der Waals surface area contributed by atoms with E-state index < -0.39 is 6.10 Å². The minimum Gasteiger partial charge on any atom is -0.396 e. The Morgan fingerprint density at radius 1 is 1.36 bits per heavy atom. The van der Waals surface area contributed by atoms with Gasteiger partial charge in [-0.25, -0.2) is 0 Å². The first kappa shape index (κ1) is 15.2. The fraction of sp³-hybridized carbons (Fsp3) is 0.353. The zero-order valence-corrected chi connectivity index (χ0v) is 13.0. The van der Waals surface area contributed by atoms with Crippen LogP contribution in [0.5, 0.6) is 0 Å². The highest BCUT2D eigenvalue weighted by Crippen LogP contribution is 2.29. The van der Waals surface area contributed by atoms with Gasteiger partial charge >= 0.3 is 0 Å². The number of amides is 1. The van der Waals surface area contributed by atoms with E-state index in [0.29, 0.717) is 13.0 Å². The van der Waals surface area contributed by atoms with Crippen molar-refractivity contribution in [2.24, 2.45) is 0 Å². The molecule has 5 heteroatoms. The smallest absolute Gasteiger partial charge is 0.254 e. The van der Waals surface area contributed by atoms with Crippen LogP contribution in [-0.2, 0) is 16.0 Å². The lowest BCUT2D eigenvalue weighted by Crippen LogP contribution is -2.36. The molecule has 4 nitrogen and oxygen atoms in total. The molecule has 2 heterocycles. The van der Waals surface area contributed by atoms with Crippen molar-refractivity contribution < 1.29 is 14.6 Å². The molecule has 2 N–H and O–H groups in total. The molecular weight excluding hydrogens is 298 g/mol. The van der Waals surface area contributed by atoms with Crippen LogP contribution < -0.4 is 5.32 Å². The van der Waals surface area contributed by atoms with E-state index in [4.69, 9.17) is 4.74 Å². The van der Waals surface area contributed by atoms with Gasteiger partial charge in [-0.15, -0.1) is 11.3 Å². The number of hydrogen-bond donors (Lipinski definition) is 2. The van der Waals surface area contributed by atoms with Gasteiger partial charge in [0.05, 0.1) is 12.6 Å². The second-order valence-electron chi connectivity index (χ2n) is 5.29.